The van der Waals surface area contributed by atoms with Crippen molar-refractivity contribution in [1.29, 1.82) is 0 Å². The lowest BCUT2D eigenvalue weighted by Crippen LogP contribution is -2.44. The van der Waals surface area contributed by atoms with Crippen LogP contribution in [0, 0.1) is 0 Å². The summed E-state index contributed by atoms with van der Waals surface area (Å²) in [5.74, 6) is 0.473. The molecule has 1 heterocycles. The zero-order valence-corrected chi connectivity index (χ0v) is 17.8. The van der Waals surface area contributed by atoms with E-state index in [-0.39, 0.29) is 29.9 Å². The van der Waals surface area contributed by atoms with Crippen LogP contribution in [0.1, 0.15) is 22.8 Å². The van der Waals surface area contributed by atoms with Crippen LogP contribution in [-0.2, 0) is 16.0 Å². The summed E-state index contributed by atoms with van der Waals surface area (Å²) in [6, 6.07) is 7.31. The fourth-order valence-corrected chi connectivity index (χ4v) is 2.53. The lowest BCUT2D eigenvalue weighted by Gasteiger charge is -2.26. The molecule has 2 N–H and O–H groups in total. The Morgan fingerprint density at radius 1 is 1.23 bits per heavy atom. The van der Waals surface area contributed by atoms with Crippen LogP contribution in [-0.4, -0.2) is 69.9 Å². The largest absolute Gasteiger partial charge is 0.465 e. The molecule has 0 saturated carbocycles. The van der Waals surface area contributed by atoms with Crippen molar-refractivity contribution in [3.8, 4) is 0 Å². The second kappa shape index (κ2) is 12.9. The van der Waals surface area contributed by atoms with E-state index >= 15 is 0 Å². The number of morpholine rings is 1. The van der Waals surface area contributed by atoms with E-state index in [0.717, 1.165) is 57.5 Å². The quantitative estimate of drug-likeness (QED) is 0.269. The zero-order valence-electron chi connectivity index (χ0n) is 15.5. The Labute approximate surface area is 172 Å². The summed E-state index contributed by atoms with van der Waals surface area (Å²) in [6.45, 7) is 8.83. The number of carbonyl (C=O) groups excluding carboxylic acids is 1. The van der Waals surface area contributed by atoms with Crippen molar-refractivity contribution in [3.63, 3.8) is 0 Å². The van der Waals surface area contributed by atoms with Crippen LogP contribution < -0.4 is 10.6 Å². The summed E-state index contributed by atoms with van der Waals surface area (Å²) in [6.07, 6.45) is 0. The van der Waals surface area contributed by atoms with Crippen molar-refractivity contribution in [1.82, 2.24) is 15.5 Å². The van der Waals surface area contributed by atoms with Crippen LogP contribution in [0.25, 0.3) is 0 Å². The number of nitrogens with one attached hydrogen (secondary N) is 2. The molecule has 0 unspecified atom stereocenters. The van der Waals surface area contributed by atoms with E-state index in [1.54, 1.807) is 12.1 Å². The number of esters is 1. The van der Waals surface area contributed by atoms with Gasteiger partial charge in [0.1, 0.15) is 0 Å². The van der Waals surface area contributed by atoms with E-state index in [9.17, 15) is 4.79 Å². The number of carbonyl (C=O) groups is 1. The van der Waals surface area contributed by atoms with E-state index in [0.29, 0.717) is 12.1 Å². The molecule has 0 atom stereocenters. The summed E-state index contributed by atoms with van der Waals surface area (Å²) >= 11 is 0. The maximum atomic E-state index is 11.4. The minimum absolute atomic E-state index is 0. The highest BCUT2D eigenvalue weighted by Gasteiger charge is 2.09. The zero-order chi connectivity index (χ0) is 17.9. The molecule has 146 valence electrons. The maximum absolute atomic E-state index is 11.4. The monoisotopic (exact) mass is 476 g/mol. The number of halogens is 1. The van der Waals surface area contributed by atoms with Crippen molar-refractivity contribution in [2.45, 2.75) is 13.5 Å². The first kappa shape index (κ1) is 22.7. The Kier molecular flexibility index (Phi) is 11.2. The Balaban J connectivity index is 0.00000338. The minimum Gasteiger partial charge on any atom is -0.465 e. The van der Waals surface area contributed by atoms with E-state index in [1.807, 2.05) is 19.1 Å². The Morgan fingerprint density at radius 3 is 2.54 bits per heavy atom. The molecule has 8 heteroatoms. The molecule has 2 rings (SSSR count). The summed E-state index contributed by atoms with van der Waals surface area (Å²) in [5.41, 5.74) is 1.59. The minimum atomic E-state index is -0.326. The molecule has 1 aliphatic rings. The number of nitrogens with zero attached hydrogens (tertiary/aromatic N) is 2. The standard InChI is InChI=1S/C18H28N4O3.HI/c1-3-19-18(20-8-9-22-10-12-25-13-11-22)21-14-15-4-6-16(7-5-15)17(23)24-2;/h4-7H,3,8-14H2,1-2H3,(H2,19,20,21);1H. The average molecular weight is 476 g/mol. The molecule has 0 radical (unpaired) electrons. The Morgan fingerprint density at radius 2 is 1.92 bits per heavy atom. The highest BCUT2D eigenvalue weighted by molar-refractivity contribution is 14.0. The van der Waals surface area contributed by atoms with Crippen LogP contribution in [0.3, 0.4) is 0 Å². The fourth-order valence-electron chi connectivity index (χ4n) is 2.53. The molecule has 7 nitrogen and oxygen atoms in total. The first-order valence-electron chi connectivity index (χ1n) is 8.72. The molecular formula is C18H29IN4O3. The van der Waals surface area contributed by atoms with Gasteiger partial charge in [0.25, 0.3) is 0 Å². The second-order valence-electron chi connectivity index (χ2n) is 5.76. The molecular weight excluding hydrogens is 447 g/mol. The van der Waals surface area contributed by atoms with Crippen LogP contribution in [0.4, 0.5) is 0 Å². The highest BCUT2D eigenvalue weighted by atomic mass is 127. The SMILES string of the molecule is CCNC(=NCc1ccc(C(=O)OC)cc1)NCCN1CCOCC1.I. The van der Waals surface area contributed by atoms with Crippen molar-refractivity contribution >= 4 is 35.9 Å². The normalized spacial score (nSPS) is 15.1. The molecule has 0 spiro atoms. The smallest absolute Gasteiger partial charge is 0.337 e. The van der Waals surface area contributed by atoms with Gasteiger partial charge in [-0.15, -0.1) is 24.0 Å². The molecule has 1 aromatic rings. The molecule has 1 saturated heterocycles. The molecule has 0 bridgehead atoms. The first-order chi connectivity index (χ1) is 12.2. The predicted octanol–water partition coefficient (Wildman–Crippen LogP) is 1.48. The van der Waals surface area contributed by atoms with Gasteiger partial charge in [0.05, 0.1) is 32.4 Å². The molecule has 1 aliphatic heterocycles. The van der Waals surface area contributed by atoms with E-state index in [2.05, 4.69) is 20.5 Å². The summed E-state index contributed by atoms with van der Waals surface area (Å²) in [7, 11) is 1.38. The van der Waals surface area contributed by atoms with E-state index in [1.165, 1.54) is 7.11 Å². The molecule has 1 aromatic carbocycles. The third kappa shape index (κ3) is 7.88. The number of guanidine groups is 1. The van der Waals surface area contributed by atoms with Crippen molar-refractivity contribution in [3.05, 3.63) is 35.4 Å². The summed E-state index contributed by atoms with van der Waals surface area (Å²) in [5, 5.41) is 6.61. The van der Waals surface area contributed by atoms with E-state index < -0.39 is 0 Å². The van der Waals surface area contributed by atoms with Crippen LogP contribution in [0.2, 0.25) is 0 Å². The third-order valence-corrected chi connectivity index (χ3v) is 3.96. The van der Waals surface area contributed by atoms with E-state index in [4.69, 9.17) is 9.47 Å². The molecule has 0 aliphatic carbocycles. The van der Waals surface area contributed by atoms with Crippen LogP contribution >= 0.6 is 24.0 Å². The summed E-state index contributed by atoms with van der Waals surface area (Å²) < 4.78 is 10.1. The lowest BCUT2D eigenvalue weighted by atomic mass is 10.1. The van der Waals surface area contributed by atoms with Crippen molar-refractivity contribution in [2.75, 3.05) is 53.0 Å². The van der Waals surface area contributed by atoms with Gasteiger partial charge in [-0.05, 0) is 24.6 Å². The fraction of sp³-hybridized carbons (Fsp3) is 0.556. The Hall–Kier alpha value is -1.39. The van der Waals surface area contributed by atoms with Crippen molar-refractivity contribution in [2.24, 2.45) is 4.99 Å². The topological polar surface area (TPSA) is 75.2 Å². The number of rotatable bonds is 7. The maximum Gasteiger partial charge on any atom is 0.337 e. The summed E-state index contributed by atoms with van der Waals surface area (Å²) in [4.78, 5) is 18.4. The molecule has 0 aromatic heterocycles. The predicted molar refractivity (Wildman–Crippen MR) is 113 cm³/mol. The van der Waals surface area contributed by atoms with Crippen LogP contribution in [0.5, 0.6) is 0 Å². The molecule has 0 amide bonds. The number of methoxy groups -OCH3 is 1. The number of hydrogen-bond donors (Lipinski definition) is 2. The van der Waals surface area contributed by atoms with Crippen LogP contribution in [0.15, 0.2) is 29.3 Å². The van der Waals surface area contributed by atoms with Gasteiger partial charge in [0, 0.05) is 32.7 Å². The molecule has 26 heavy (non-hydrogen) atoms. The second-order valence-corrected chi connectivity index (χ2v) is 5.76. The van der Waals surface area contributed by atoms with Gasteiger partial charge in [-0.1, -0.05) is 12.1 Å². The van der Waals surface area contributed by atoms with Gasteiger partial charge in [-0.3, -0.25) is 4.90 Å². The first-order valence-corrected chi connectivity index (χ1v) is 8.72. The van der Waals surface area contributed by atoms with Crippen molar-refractivity contribution < 1.29 is 14.3 Å². The number of ether oxygens (including phenoxy) is 2. The van der Waals surface area contributed by atoms with Gasteiger partial charge in [-0.2, -0.15) is 0 Å². The number of aliphatic imine (C=N–C) groups is 1. The van der Waals surface area contributed by atoms with Gasteiger partial charge in [0.2, 0.25) is 0 Å². The van der Waals surface area contributed by atoms with Gasteiger partial charge < -0.3 is 20.1 Å². The third-order valence-electron chi connectivity index (χ3n) is 3.96. The number of hydrogen-bond acceptors (Lipinski definition) is 5. The highest BCUT2D eigenvalue weighted by Crippen LogP contribution is 2.06. The van der Waals surface area contributed by atoms with Gasteiger partial charge in [0.15, 0.2) is 5.96 Å². The molecule has 1 fully saturated rings. The Bertz CT molecular complexity index is 560. The number of benzene rings is 1. The van der Waals surface area contributed by atoms with Gasteiger partial charge >= 0.3 is 5.97 Å². The average Bonchev–Trinajstić information content (AvgIpc) is 2.66. The lowest BCUT2D eigenvalue weighted by molar-refractivity contribution is 0.0389. The van der Waals surface area contributed by atoms with Gasteiger partial charge in [-0.25, -0.2) is 9.79 Å².